The number of hydrogen-bond acceptors (Lipinski definition) is 7. The number of benzene rings is 1. The number of nitrogens with zero attached hydrogens (tertiary/aromatic N) is 4. The third kappa shape index (κ3) is 5.26. The number of carbonyl (C=O) groups is 2. The minimum atomic E-state index is -4.90. The fourth-order valence-electron chi connectivity index (χ4n) is 4.92. The van der Waals surface area contributed by atoms with Crippen LogP contribution in [0.5, 0.6) is 5.75 Å². The molecule has 2 amide bonds. The molecule has 0 saturated carbocycles. The maximum Gasteiger partial charge on any atom is 0.417 e. The van der Waals surface area contributed by atoms with Crippen LogP contribution in [0.4, 0.5) is 27.8 Å². The Hall–Kier alpha value is -3.39. The Morgan fingerprint density at radius 3 is 2.44 bits per heavy atom. The summed E-state index contributed by atoms with van der Waals surface area (Å²) >= 11 is 0. The summed E-state index contributed by atoms with van der Waals surface area (Å²) in [5, 5.41) is 2.39. The number of aromatic nitrogens is 2. The number of rotatable bonds is 5. The first-order valence-corrected chi connectivity index (χ1v) is 12.2. The number of halogens is 5. The highest BCUT2D eigenvalue weighted by molar-refractivity contribution is 5.95. The van der Waals surface area contributed by atoms with Gasteiger partial charge in [0.1, 0.15) is 11.9 Å². The van der Waals surface area contributed by atoms with E-state index >= 15 is 0 Å². The second-order valence-corrected chi connectivity index (χ2v) is 9.79. The molecule has 1 N–H and O–H groups in total. The smallest absolute Gasteiger partial charge is 0.417 e. The van der Waals surface area contributed by atoms with Gasteiger partial charge in [-0.15, -0.1) is 0 Å². The number of amides is 2. The Morgan fingerprint density at radius 2 is 1.82 bits per heavy atom. The van der Waals surface area contributed by atoms with Gasteiger partial charge in [0.25, 0.3) is 11.8 Å². The molecule has 3 heterocycles. The molecule has 2 fully saturated rings. The summed E-state index contributed by atoms with van der Waals surface area (Å²) in [5.74, 6) is -7.90. The van der Waals surface area contributed by atoms with Crippen LogP contribution in [0, 0.1) is 17.6 Å². The van der Waals surface area contributed by atoms with E-state index in [2.05, 4.69) is 20.2 Å². The number of piperazine rings is 1. The van der Waals surface area contributed by atoms with E-state index in [9.17, 15) is 31.5 Å². The van der Waals surface area contributed by atoms with Crippen molar-refractivity contribution in [3.8, 4) is 5.75 Å². The van der Waals surface area contributed by atoms with Crippen LogP contribution in [0.15, 0.2) is 24.4 Å². The van der Waals surface area contributed by atoms with Crippen molar-refractivity contribution in [2.45, 2.75) is 37.6 Å². The molecule has 2 saturated heterocycles. The molecule has 0 unspecified atom stereocenters. The van der Waals surface area contributed by atoms with Gasteiger partial charge in [0.05, 0.1) is 7.11 Å². The average Bonchev–Trinajstić information content (AvgIpc) is 3.17. The highest BCUT2D eigenvalue weighted by atomic mass is 19.4. The van der Waals surface area contributed by atoms with Gasteiger partial charge >= 0.3 is 6.18 Å². The molecule has 0 radical (unpaired) electrons. The number of carbonyl (C=O) groups excluding carboxylic acids is 2. The fraction of sp³-hybridized carbons (Fsp3) is 0.520. The molecule has 212 valence electrons. The van der Waals surface area contributed by atoms with Crippen molar-refractivity contribution in [3.63, 3.8) is 0 Å². The van der Waals surface area contributed by atoms with Gasteiger partial charge in [-0.25, -0.2) is 14.4 Å². The van der Waals surface area contributed by atoms with Gasteiger partial charge in [-0.2, -0.15) is 17.6 Å². The molecule has 39 heavy (non-hydrogen) atoms. The topological polar surface area (TPSA) is 96.9 Å². The lowest BCUT2D eigenvalue weighted by molar-refractivity contribution is -0.272. The third-order valence-electron chi connectivity index (χ3n) is 7.46. The zero-order chi connectivity index (χ0) is 28.7. The van der Waals surface area contributed by atoms with Crippen molar-refractivity contribution in [1.29, 1.82) is 0 Å². The number of anilines is 1. The molecule has 9 nitrogen and oxygen atoms in total. The maximum atomic E-state index is 14.5. The highest BCUT2D eigenvalue weighted by Crippen LogP contribution is 2.55. The molecule has 14 heteroatoms. The van der Waals surface area contributed by atoms with Crippen molar-refractivity contribution in [2.24, 2.45) is 5.92 Å². The van der Waals surface area contributed by atoms with Crippen LogP contribution in [0.25, 0.3) is 0 Å². The van der Waals surface area contributed by atoms with E-state index in [1.165, 1.54) is 19.2 Å². The molecular weight excluding hydrogens is 529 g/mol. The zero-order valence-electron chi connectivity index (χ0n) is 21.7. The van der Waals surface area contributed by atoms with Gasteiger partial charge in [0.2, 0.25) is 11.6 Å². The molecule has 4 rings (SSSR count). The summed E-state index contributed by atoms with van der Waals surface area (Å²) in [6.45, 7) is 4.23. The van der Waals surface area contributed by atoms with Crippen molar-refractivity contribution < 1.29 is 41.0 Å². The molecule has 0 spiro atoms. The molecule has 1 aromatic carbocycles. The zero-order valence-corrected chi connectivity index (χ0v) is 21.7. The second-order valence-electron chi connectivity index (χ2n) is 9.79. The predicted molar refractivity (Wildman–Crippen MR) is 128 cm³/mol. The Morgan fingerprint density at radius 1 is 1.15 bits per heavy atom. The summed E-state index contributed by atoms with van der Waals surface area (Å²) in [6.07, 6.45) is -5.46. The first-order valence-electron chi connectivity index (χ1n) is 12.2. The normalized spacial score (nSPS) is 26.0. The lowest BCUT2D eigenvalue weighted by Crippen LogP contribution is -2.47. The van der Waals surface area contributed by atoms with Gasteiger partial charge in [0, 0.05) is 49.8 Å². The Bertz CT molecular complexity index is 1250. The summed E-state index contributed by atoms with van der Waals surface area (Å²) in [6, 6.07) is 3.09. The van der Waals surface area contributed by atoms with Gasteiger partial charge < -0.3 is 24.6 Å². The molecule has 2 aliphatic heterocycles. The number of methoxy groups -OCH3 is 1. The first-order chi connectivity index (χ1) is 18.3. The summed E-state index contributed by atoms with van der Waals surface area (Å²) in [4.78, 5) is 37.9. The Kier molecular flexibility index (Phi) is 7.81. The minimum Gasteiger partial charge on any atom is -0.493 e. The minimum absolute atomic E-state index is 0.139. The molecule has 1 aromatic heterocycles. The largest absolute Gasteiger partial charge is 0.493 e. The van der Waals surface area contributed by atoms with E-state index in [1.807, 2.05) is 7.05 Å². The van der Waals surface area contributed by atoms with Crippen molar-refractivity contribution in [1.82, 2.24) is 19.8 Å². The van der Waals surface area contributed by atoms with E-state index < -0.39 is 58.9 Å². The molecule has 4 atom stereocenters. The molecular formula is C25H28F5N5O4. The van der Waals surface area contributed by atoms with Gasteiger partial charge in [-0.1, -0.05) is 13.0 Å². The fourth-order valence-corrected chi connectivity index (χ4v) is 4.92. The molecule has 2 aliphatic rings. The Balaban J connectivity index is 1.65. The quantitative estimate of drug-likeness (QED) is 0.564. The SMILES string of the molecule is COc1c([C@H]2[C@H](C(=O)Nc3ccnc(C(=O)N4CCN(C)CC4)n3)O[C@@](C)(C(F)(F)F)[C@H]2C)ccc(F)c1F. The van der Waals surface area contributed by atoms with E-state index in [0.29, 0.717) is 26.2 Å². The standard InChI is InChI=1S/C25H28F5N5O4/c1-13-17(14-5-6-15(26)18(27)19(14)38-4)20(39-24(13,2)25(28,29)30)22(36)33-16-7-8-31-21(32-16)23(37)35-11-9-34(3)10-12-35/h5-8,13,17,20H,9-12H2,1-4H3,(H,31,32,33,36)/t13-,17-,20+,24+/m0/s1. The van der Waals surface area contributed by atoms with Crippen LogP contribution in [-0.4, -0.2) is 89.8 Å². The van der Waals surface area contributed by atoms with Gasteiger partial charge in [0.15, 0.2) is 17.2 Å². The number of hydrogen-bond donors (Lipinski definition) is 1. The van der Waals surface area contributed by atoms with Gasteiger partial charge in [-0.05, 0) is 26.1 Å². The maximum absolute atomic E-state index is 14.5. The van der Waals surface area contributed by atoms with E-state index in [-0.39, 0.29) is 17.2 Å². The number of ether oxygens (including phenoxy) is 2. The van der Waals surface area contributed by atoms with Crippen LogP contribution in [0.2, 0.25) is 0 Å². The number of nitrogens with one attached hydrogen (secondary N) is 1. The Labute approximate surface area is 221 Å². The summed E-state index contributed by atoms with van der Waals surface area (Å²) in [7, 11) is 2.97. The highest BCUT2D eigenvalue weighted by Gasteiger charge is 2.66. The molecule has 0 bridgehead atoms. The second kappa shape index (κ2) is 10.6. The predicted octanol–water partition coefficient (Wildman–Crippen LogP) is 3.23. The first kappa shape index (κ1) is 28.6. The monoisotopic (exact) mass is 557 g/mol. The van der Waals surface area contributed by atoms with E-state index in [0.717, 1.165) is 26.2 Å². The van der Waals surface area contributed by atoms with Crippen LogP contribution >= 0.6 is 0 Å². The summed E-state index contributed by atoms with van der Waals surface area (Å²) < 4.78 is 81.1. The number of likely N-dealkylation sites (N-methyl/N-ethyl adjacent to an activating group) is 1. The van der Waals surface area contributed by atoms with Crippen LogP contribution in [0.1, 0.15) is 35.9 Å². The molecule has 2 aromatic rings. The lowest BCUT2D eigenvalue weighted by atomic mass is 9.77. The van der Waals surface area contributed by atoms with Crippen molar-refractivity contribution >= 4 is 17.6 Å². The van der Waals surface area contributed by atoms with E-state index in [4.69, 9.17) is 9.47 Å². The van der Waals surface area contributed by atoms with E-state index in [1.54, 1.807) is 4.90 Å². The van der Waals surface area contributed by atoms with Gasteiger partial charge in [-0.3, -0.25) is 9.59 Å². The van der Waals surface area contributed by atoms with Crippen LogP contribution in [-0.2, 0) is 9.53 Å². The van der Waals surface area contributed by atoms with Crippen LogP contribution in [0.3, 0.4) is 0 Å². The van der Waals surface area contributed by atoms with Crippen LogP contribution < -0.4 is 10.1 Å². The molecule has 0 aliphatic carbocycles. The average molecular weight is 558 g/mol. The lowest BCUT2D eigenvalue weighted by Gasteiger charge is -2.32. The van der Waals surface area contributed by atoms with Crippen molar-refractivity contribution in [2.75, 3.05) is 45.7 Å². The van der Waals surface area contributed by atoms with Crippen molar-refractivity contribution in [3.05, 3.63) is 47.4 Å². The summed E-state index contributed by atoms with van der Waals surface area (Å²) in [5.41, 5.74) is -2.96. The number of alkyl halides is 3. The third-order valence-corrected chi connectivity index (χ3v) is 7.46.